The van der Waals surface area contributed by atoms with Gasteiger partial charge in [0.1, 0.15) is 0 Å². The third-order valence-electron chi connectivity index (χ3n) is 2.11. The lowest BCUT2D eigenvalue weighted by Gasteiger charge is -2.05. The van der Waals surface area contributed by atoms with E-state index in [2.05, 4.69) is 39.0 Å². The van der Waals surface area contributed by atoms with Crippen LogP contribution in [-0.2, 0) is 6.54 Å². The Morgan fingerprint density at radius 1 is 1.47 bits per heavy atom. The monoisotopic (exact) mass is 312 g/mol. The number of aromatic nitrogens is 1. The van der Waals surface area contributed by atoms with E-state index in [1.54, 1.807) is 24.3 Å². The molecule has 0 bridgehead atoms. The van der Waals surface area contributed by atoms with Gasteiger partial charge in [0, 0.05) is 15.4 Å². The van der Waals surface area contributed by atoms with Crippen LogP contribution in [-0.4, -0.2) is 11.1 Å². The van der Waals surface area contributed by atoms with E-state index in [1.165, 1.54) is 6.20 Å². The summed E-state index contributed by atoms with van der Waals surface area (Å²) in [6, 6.07) is 6.99. The zero-order valence-electron chi connectivity index (χ0n) is 8.68. The van der Waals surface area contributed by atoms with Gasteiger partial charge in [0.15, 0.2) is 5.76 Å². The summed E-state index contributed by atoms with van der Waals surface area (Å²) in [6.45, 7) is 0.308. The Balaban J connectivity index is 2.07. The van der Waals surface area contributed by atoms with Crippen molar-refractivity contribution in [2.45, 2.75) is 11.4 Å². The number of hydrogen-bond acceptors (Lipinski definition) is 4. The SMILES string of the molecule is O=C(NCc1ccno1)c1cc(S)ccc1Br. The number of nitrogens with zero attached hydrogens (tertiary/aromatic N) is 1. The van der Waals surface area contributed by atoms with Crippen LogP contribution in [0.5, 0.6) is 0 Å². The fraction of sp³-hybridized carbons (Fsp3) is 0.0909. The number of amides is 1. The normalized spacial score (nSPS) is 10.2. The van der Waals surface area contributed by atoms with Crippen molar-refractivity contribution >= 4 is 34.5 Å². The largest absolute Gasteiger partial charge is 0.360 e. The molecule has 1 aromatic carbocycles. The second-order valence-electron chi connectivity index (χ2n) is 3.33. The number of carbonyl (C=O) groups is 1. The molecule has 17 heavy (non-hydrogen) atoms. The Morgan fingerprint density at radius 2 is 2.29 bits per heavy atom. The van der Waals surface area contributed by atoms with Crippen molar-refractivity contribution in [2.75, 3.05) is 0 Å². The van der Waals surface area contributed by atoms with Crippen molar-refractivity contribution in [3.05, 3.63) is 46.3 Å². The standard InChI is InChI=1S/C11H9BrN2O2S/c12-10-2-1-8(17)5-9(10)11(15)13-6-7-3-4-14-16-7/h1-5,17H,6H2,(H,13,15). The van der Waals surface area contributed by atoms with Gasteiger partial charge in [-0.1, -0.05) is 5.16 Å². The van der Waals surface area contributed by atoms with Crippen molar-refractivity contribution in [2.24, 2.45) is 0 Å². The van der Waals surface area contributed by atoms with Crippen LogP contribution in [0.4, 0.5) is 0 Å². The highest BCUT2D eigenvalue weighted by atomic mass is 79.9. The summed E-state index contributed by atoms with van der Waals surface area (Å²) in [6.07, 6.45) is 1.53. The van der Waals surface area contributed by atoms with Crippen LogP contribution in [0.25, 0.3) is 0 Å². The number of thiol groups is 1. The van der Waals surface area contributed by atoms with Gasteiger partial charge in [-0.05, 0) is 34.1 Å². The summed E-state index contributed by atoms with van der Waals surface area (Å²) in [4.78, 5) is 12.6. The molecular weight excluding hydrogens is 304 g/mol. The van der Waals surface area contributed by atoms with E-state index in [-0.39, 0.29) is 5.91 Å². The predicted molar refractivity (Wildman–Crippen MR) is 69.1 cm³/mol. The van der Waals surface area contributed by atoms with E-state index in [4.69, 9.17) is 4.52 Å². The van der Waals surface area contributed by atoms with Gasteiger partial charge in [0.25, 0.3) is 5.91 Å². The van der Waals surface area contributed by atoms with E-state index in [9.17, 15) is 4.79 Å². The smallest absolute Gasteiger partial charge is 0.252 e. The maximum atomic E-state index is 11.9. The van der Waals surface area contributed by atoms with Crippen LogP contribution in [0.15, 0.2) is 44.4 Å². The average Bonchev–Trinajstić information content (AvgIpc) is 2.82. The summed E-state index contributed by atoms with van der Waals surface area (Å²) in [5.74, 6) is 0.417. The lowest BCUT2D eigenvalue weighted by atomic mass is 10.2. The van der Waals surface area contributed by atoms with Gasteiger partial charge in [-0.15, -0.1) is 12.6 Å². The summed E-state index contributed by atoms with van der Waals surface area (Å²) >= 11 is 7.51. The fourth-order valence-corrected chi connectivity index (χ4v) is 1.91. The first-order chi connectivity index (χ1) is 8.16. The van der Waals surface area contributed by atoms with Crippen molar-refractivity contribution in [1.29, 1.82) is 0 Å². The number of carbonyl (C=O) groups excluding carboxylic acids is 1. The van der Waals surface area contributed by atoms with Gasteiger partial charge < -0.3 is 9.84 Å². The molecule has 0 atom stereocenters. The summed E-state index contributed by atoms with van der Waals surface area (Å²) in [5, 5.41) is 6.29. The van der Waals surface area contributed by atoms with Gasteiger partial charge >= 0.3 is 0 Å². The lowest BCUT2D eigenvalue weighted by Crippen LogP contribution is -2.22. The lowest BCUT2D eigenvalue weighted by molar-refractivity contribution is 0.0946. The predicted octanol–water partition coefficient (Wildman–Crippen LogP) is 2.66. The number of benzene rings is 1. The quantitative estimate of drug-likeness (QED) is 0.857. The molecule has 0 spiro atoms. The highest BCUT2D eigenvalue weighted by Crippen LogP contribution is 2.20. The third kappa shape index (κ3) is 3.10. The molecule has 0 aliphatic carbocycles. The molecule has 6 heteroatoms. The van der Waals surface area contributed by atoms with E-state index in [1.807, 2.05) is 0 Å². The minimum absolute atomic E-state index is 0.191. The summed E-state index contributed by atoms with van der Waals surface area (Å²) in [7, 11) is 0. The Bertz CT molecular complexity index is 528. The summed E-state index contributed by atoms with van der Waals surface area (Å²) in [5.41, 5.74) is 0.539. The molecule has 0 radical (unpaired) electrons. The van der Waals surface area contributed by atoms with E-state index in [0.717, 1.165) is 9.37 Å². The maximum absolute atomic E-state index is 11.9. The molecule has 88 valence electrons. The van der Waals surface area contributed by atoms with Gasteiger partial charge in [-0.3, -0.25) is 4.79 Å². The molecule has 0 aliphatic heterocycles. The molecule has 0 aliphatic rings. The molecule has 0 saturated heterocycles. The van der Waals surface area contributed by atoms with Gasteiger partial charge in [0.05, 0.1) is 18.3 Å². The molecule has 1 N–H and O–H groups in total. The topological polar surface area (TPSA) is 55.1 Å². The highest BCUT2D eigenvalue weighted by molar-refractivity contribution is 9.10. The zero-order chi connectivity index (χ0) is 12.3. The highest BCUT2D eigenvalue weighted by Gasteiger charge is 2.10. The Labute approximate surface area is 112 Å². The van der Waals surface area contributed by atoms with E-state index < -0.39 is 0 Å². The Kier molecular flexibility index (Phi) is 3.86. The van der Waals surface area contributed by atoms with Crippen LogP contribution < -0.4 is 5.32 Å². The molecule has 0 saturated carbocycles. The fourth-order valence-electron chi connectivity index (χ4n) is 1.28. The van der Waals surface area contributed by atoms with Crippen molar-refractivity contribution in [3.8, 4) is 0 Å². The van der Waals surface area contributed by atoms with Crippen molar-refractivity contribution < 1.29 is 9.32 Å². The van der Waals surface area contributed by atoms with Crippen molar-refractivity contribution in [1.82, 2.24) is 10.5 Å². The summed E-state index contributed by atoms with van der Waals surface area (Å²) < 4.78 is 5.61. The minimum Gasteiger partial charge on any atom is -0.360 e. The Morgan fingerprint density at radius 3 is 3.00 bits per heavy atom. The second kappa shape index (κ2) is 5.37. The number of halogens is 1. The first-order valence-electron chi connectivity index (χ1n) is 4.83. The van der Waals surface area contributed by atoms with Crippen LogP contribution in [0.1, 0.15) is 16.1 Å². The zero-order valence-corrected chi connectivity index (χ0v) is 11.2. The molecule has 2 rings (SSSR count). The number of hydrogen-bond donors (Lipinski definition) is 2. The van der Waals surface area contributed by atoms with Crippen LogP contribution >= 0.6 is 28.6 Å². The number of rotatable bonds is 3. The third-order valence-corrected chi connectivity index (χ3v) is 3.08. The van der Waals surface area contributed by atoms with E-state index >= 15 is 0 Å². The molecule has 2 aromatic rings. The van der Waals surface area contributed by atoms with E-state index in [0.29, 0.717) is 17.9 Å². The van der Waals surface area contributed by atoms with Crippen LogP contribution in [0, 0.1) is 0 Å². The molecule has 4 nitrogen and oxygen atoms in total. The van der Waals surface area contributed by atoms with Crippen LogP contribution in [0.2, 0.25) is 0 Å². The molecule has 1 heterocycles. The first-order valence-corrected chi connectivity index (χ1v) is 6.07. The molecule has 0 unspecified atom stereocenters. The van der Waals surface area contributed by atoms with Gasteiger partial charge in [0.2, 0.25) is 0 Å². The molecule has 1 aromatic heterocycles. The molecular formula is C11H9BrN2O2S. The van der Waals surface area contributed by atoms with Crippen LogP contribution in [0.3, 0.4) is 0 Å². The Hall–Kier alpha value is -1.27. The number of nitrogens with one attached hydrogen (secondary N) is 1. The second-order valence-corrected chi connectivity index (χ2v) is 4.70. The van der Waals surface area contributed by atoms with Gasteiger partial charge in [-0.25, -0.2) is 0 Å². The van der Waals surface area contributed by atoms with Crippen molar-refractivity contribution in [3.63, 3.8) is 0 Å². The van der Waals surface area contributed by atoms with Gasteiger partial charge in [-0.2, -0.15) is 0 Å². The maximum Gasteiger partial charge on any atom is 0.252 e. The average molecular weight is 313 g/mol. The molecule has 1 amide bonds. The first kappa shape index (κ1) is 12.2. The minimum atomic E-state index is -0.191. The molecule has 0 fully saturated rings.